The van der Waals surface area contributed by atoms with E-state index in [-0.39, 0.29) is 17.3 Å². The molecular formula is C14H15ClN2O3S. The number of nitrogens with zero attached hydrogens (tertiary/aromatic N) is 1. The Morgan fingerprint density at radius 1 is 1.43 bits per heavy atom. The maximum atomic E-state index is 12.1. The predicted molar refractivity (Wildman–Crippen MR) is 84.7 cm³/mol. The van der Waals surface area contributed by atoms with E-state index in [1.165, 1.54) is 11.7 Å². The lowest BCUT2D eigenvalue weighted by Gasteiger charge is -2.12. The van der Waals surface area contributed by atoms with Gasteiger partial charge in [0, 0.05) is 22.2 Å². The molecule has 7 heteroatoms. The van der Waals surface area contributed by atoms with Gasteiger partial charge in [-0.2, -0.15) is 0 Å². The van der Waals surface area contributed by atoms with Gasteiger partial charge in [-0.1, -0.05) is 22.9 Å². The second-order valence-electron chi connectivity index (χ2n) is 4.58. The third-order valence-corrected chi connectivity index (χ3v) is 4.32. The van der Waals surface area contributed by atoms with Gasteiger partial charge in [0.2, 0.25) is 5.91 Å². The fourth-order valence-electron chi connectivity index (χ4n) is 1.86. The lowest BCUT2D eigenvalue weighted by molar-refractivity contribution is -0.116. The molecule has 1 aromatic carbocycles. The summed E-state index contributed by atoms with van der Waals surface area (Å²) in [5, 5.41) is 5.03. The number of ether oxygens (including phenoxy) is 1. The summed E-state index contributed by atoms with van der Waals surface area (Å²) in [6, 6.07) is 3.39. The number of methoxy groups -OCH3 is 1. The number of anilines is 1. The molecule has 21 heavy (non-hydrogen) atoms. The van der Waals surface area contributed by atoms with E-state index in [2.05, 4.69) is 5.32 Å². The Bertz CT molecular complexity index is 736. The summed E-state index contributed by atoms with van der Waals surface area (Å²) < 4.78 is 6.62. The van der Waals surface area contributed by atoms with E-state index in [0.29, 0.717) is 16.5 Å². The topological polar surface area (TPSA) is 60.3 Å². The van der Waals surface area contributed by atoms with Crippen LogP contribution in [0.1, 0.15) is 11.3 Å². The molecule has 0 unspecified atom stereocenters. The lowest BCUT2D eigenvalue weighted by atomic mass is 10.2. The number of amides is 1. The van der Waals surface area contributed by atoms with Crippen molar-refractivity contribution in [2.75, 3.05) is 12.4 Å². The highest BCUT2D eigenvalue weighted by molar-refractivity contribution is 7.07. The van der Waals surface area contributed by atoms with Crippen molar-refractivity contribution < 1.29 is 9.53 Å². The standard InChI is InChI=1S/C14H15ClN2O3S/c1-8-4-11(12(20-3)5-10(8)15)16-13(18)6-17-9(2)7-21-14(17)19/h4-5,7H,6H2,1-3H3,(H,16,18). The van der Waals surface area contributed by atoms with Crippen LogP contribution in [0, 0.1) is 13.8 Å². The van der Waals surface area contributed by atoms with Crippen molar-refractivity contribution in [1.29, 1.82) is 0 Å². The van der Waals surface area contributed by atoms with Crippen LogP contribution in [0.5, 0.6) is 5.75 Å². The number of nitrogens with one attached hydrogen (secondary N) is 1. The molecule has 0 bridgehead atoms. The molecule has 0 atom stereocenters. The molecule has 0 spiro atoms. The van der Waals surface area contributed by atoms with Crippen LogP contribution in [0.25, 0.3) is 0 Å². The van der Waals surface area contributed by atoms with Crippen LogP contribution in [-0.4, -0.2) is 17.6 Å². The minimum atomic E-state index is -0.293. The number of halogens is 1. The highest BCUT2D eigenvalue weighted by atomic mass is 35.5. The summed E-state index contributed by atoms with van der Waals surface area (Å²) in [4.78, 5) is 23.6. The van der Waals surface area contributed by atoms with Crippen LogP contribution in [0.4, 0.5) is 5.69 Å². The van der Waals surface area contributed by atoms with Crippen LogP contribution in [0.15, 0.2) is 22.3 Å². The van der Waals surface area contributed by atoms with Crippen molar-refractivity contribution in [1.82, 2.24) is 4.57 Å². The van der Waals surface area contributed by atoms with Crippen molar-refractivity contribution >= 4 is 34.5 Å². The van der Waals surface area contributed by atoms with Crippen molar-refractivity contribution in [3.8, 4) is 5.75 Å². The van der Waals surface area contributed by atoms with E-state index < -0.39 is 0 Å². The van der Waals surface area contributed by atoms with Crippen molar-refractivity contribution in [2.24, 2.45) is 0 Å². The van der Waals surface area contributed by atoms with E-state index in [1.807, 2.05) is 6.92 Å². The number of aryl methyl sites for hydroxylation is 2. The molecule has 1 N–H and O–H groups in total. The average Bonchev–Trinajstić information content (AvgIpc) is 2.74. The zero-order chi connectivity index (χ0) is 15.6. The summed E-state index contributed by atoms with van der Waals surface area (Å²) in [5.41, 5.74) is 2.13. The molecule has 0 radical (unpaired) electrons. The summed E-state index contributed by atoms with van der Waals surface area (Å²) in [5.74, 6) is 0.187. The maximum absolute atomic E-state index is 12.1. The average molecular weight is 327 g/mol. The van der Waals surface area contributed by atoms with E-state index in [9.17, 15) is 9.59 Å². The zero-order valence-electron chi connectivity index (χ0n) is 11.9. The van der Waals surface area contributed by atoms with Crippen LogP contribution in [0.3, 0.4) is 0 Å². The fraction of sp³-hybridized carbons (Fsp3) is 0.286. The molecule has 112 valence electrons. The highest BCUT2D eigenvalue weighted by Gasteiger charge is 2.12. The van der Waals surface area contributed by atoms with Crippen molar-refractivity contribution in [3.63, 3.8) is 0 Å². The molecule has 2 aromatic rings. The van der Waals surface area contributed by atoms with E-state index in [0.717, 1.165) is 22.6 Å². The van der Waals surface area contributed by atoms with Gasteiger partial charge in [-0.05, 0) is 25.5 Å². The van der Waals surface area contributed by atoms with Crippen molar-refractivity contribution in [3.05, 3.63) is 43.5 Å². The highest BCUT2D eigenvalue weighted by Crippen LogP contribution is 2.30. The minimum Gasteiger partial charge on any atom is -0.495 e. The van der Waals surface area contributed by atoms with Gasteiger partial charge >= 0.3 is 4.87 Å². The zero-order valence-corrected chi connectivity index (χ0v) is 13.5. The first-order valence-electron chi connectivity index (χ1n) is 6.21. The Kier molecular flexibility index (Phi) is 4.69. The predicted octanol–water partition coefficient (Wildman–Crippen LogP) is 2.83. The Hall–Kier alpha value is -1.79. The molecule has 0 aliphatic rings. The van der Waals surface area contributed by atoms with Gasteiger partial charge in [0.1, 0.15) is 12.3 Å². The molecule has 0 saturated carbocycles. The third-order valence-electron chi connectivity index (χ3n) is 3.03. The van der Waals surface area contributed by atoms with Gasteiger partial charge in [-0.15, -0.1) is 0 Å². The second-order valence-corrected chi connectivity index (χ2v) is 5.81. The van der Waals surface area contributed by atoms with Crippen LogP contribution in [-0.2, 0) is 11.3 Å². The number of aromatic nitrogens is 1. The first kappa shape index (κ1) is 15.6. The molecule has 5 nitrogen and oxygen atoms in total. The Morgan fingerprint density at radius 3 is 2.71 bits per heavy atom. The Balaban J connectivity index is 2.20. The number of carbonyl (C=O) groups is 1. The Morgan fingerprint density at radius 2 is 2.14 bits per heavy atom. The molecule has 0 saturated heterocycles. The lowest BCUT2D eigenvalue weighted by Crippen LogP contribution is -2.25. The monoisotopic (exact) mass is 326 g/mol. The smallest absolute Gasteiger partial charge is 0.307 e. The Labute approximate surface area is 131 Å². The normalized spacial score (nSPS) is 10.5. The molecule has 1 heterocycles. The number of benzene rings is 1. The molecule has 1 aromatic heterocycles. The molecule has 0 aliphatic carbocycles. The molecule has 0 fully saturated rings. The number of carbonyl (C=O) groups excluding carboxylic acids is 1. The van der Waals surface area contributed by atoms with E-state index >= 15 is 0 Å². The largest absolute Gasteiger partial charge is 0.495 e. The van der Waals surface area contributed by atoms with Gasteiger partial charge in [0.25, 0.3) is 0 Å². The number of hydrogen-bond donors (Lipinski definition) is 1. The third kappa shape index (κ3) is 3.46. The first-order chi connectivity index (χ1) is 9.92. The summed E-state index contributed by atoms with van der Waals surface area (Å²) in [6.45, 7) is 3.60. The number of thiazole rings is 1. The first-order valence-corrected chi connectivity index (χ1v) is 7.47. The van der Waals surface area contributed by atoms with E-state index in [4.69, 9.17) is 16.3 Å². The fourth-order valence-corrected chi connectivity index (χ4v) is 2.75. The molecular weight excluding hydrogens is 312 g/mol. The van der Waals surface area contributed by atoms with Crippen molar-refractivity contribution in [2.45, 2.75) is 20.4 Å². The van der Waals surface area contributed by atoms with E-state index in [1.54, 1.807) is 24.4 Å². The second kappa shape index (κ2) is 6.32. The van der Waals surface area contributed by atoms with Crippen LogP contribution < -0.4 is 14.9 Å². The van der Waals surface area contributed by atoms with Crippen LogP contribution in [0.2, 0.25) is 5.02 Å². The number of rotatable bonds is 4. The SMILES string of the molecule is COc1cc(Cl)c(C)cc1NC(=O)Cn1c(C)csc1=O. The molecule has 0 aliphatic heterocycles. The van der Waals surface area contributed by atoms with Gasteiger partial charge in [0.15, 0.2) is 0 Å². The minimum absolute atomic E-state index is 0.0288. The molecule has 2 rings (SSSR count). The maximum Gasteiger partial charge on any atom is 0.307 e. The van der Waals surface area contributed by atoms with Gasteiger partial charge in [0.05, 0.1) is 12.8 Å². The summed E-state index contributed by atoms with van der Waals surface area (Å²) in [6.07, 6.45) is 0. The molecule has 1 amide bonds. The summed E-state index contributed by atoms with van der Waals surface area (Å²) >= 11 is 7.10. The van der Waals surface area contributed by atoms with Gasteiger partial charge < -0.3 is 10.1 Å². The quantitative estimate of drug-likeness (QED) is 0.939. The number of hydrogen-bond acceptors (Lipinski definition) is 4. The summed E-state index contributed by atoms with van der Waals surface area (Å²) in [7, 11) is 1.50. The van der Waals surface area contributed by atoms with Gasteiger partial charge in [-0.3, -0.25) is 14.2 Å². The van der Waals surface area contributed by atoms with Crippen LogP contribution >= 0.6 is 22.9 Å². The van der Waals surface area contributed by atoms with Gasteiger partial charge in [-0.25, -0.2) is 0 Å².